The molecular weight excluding hydrogens is 633 g/mol. The number of nitrogens with zero attached hydrogens (tertiary/aromatic N) is 4. The fraction of sp³-hybridized carbons (Fsp3) is 0. The van der Waals surface area contributed by atoms with Crippen molar-refractivity contribution in [3.8, 4) is 56.5 Å². The monoisotopic (exact) mass is 662 g/mol. The largest absolute Gasteiger partial charge is 0.228 e. The summed E-state index contributed by atoms with van der Waals surface area (Å²) >= 11 is 0. The van der Waals surface area contributed by atoms with Crippen LogP contribution in [0.5, 0.6) is 0 Å². The van der Waals surface area contributed by atoms with Gasteiger partial charge in [-0.05, 0) is 57.3 Å². The third kappa shape index (κ3) is 5.34. The number of fused-ring (bicyclic) bond motifs is 5. The summed E-state index contributed by atoms with van der Waals surface area (Å²) in [4.78, 5) is 20.8. The van der Waals surface area contributed by atoms with Crippen molar-refractivity contribution in [3.05, 3.63) is 182 Å². The van der Waals surface area contributed by atoms with Crippen LogP contribution in [0.25, 0.3) is 99.8 Å². The molecule has 0 aliphatic heterocycles. The Hall–Kier alpha value is -7.04. The first kappa shape index (κ1) is 29.8. The second-order valence-electron chi connectivity index (χ2n) is 13.1. The molecule has 4 nitrogen and oxygen atoms in total. The van der Waals surface area contributed by atoms with Crippen molar-refractivity contribution in [1.82, 2.24) is 19.9 Å². The van der Waals surface area contributed by atoms with Crippen LogP contribution in [0.2, 0.25) is 0 Å². The molecular formula is C48H30N4. The number of hydrogen-bond donors (Lipinski definition) is 0. The molecule has 0 N–H and O–H groups in total. The maximum Gasteiger partial charge on any atom is 0.160 e. The number of hydrogen-bond acceptors (Lipinski definition) is 4. The van der Waals surface area contributed by atoms with Crippen molar-refractivity contribution in [2.75, 3.05) is 0 Å². The first-order valence-corrected chi connectivity index (χ1v) is 17.5. The van der Waals surface area contributed by atoms with Gasteiger partial charge in [0.15, 0.2) is 11.6 Å². The van der Waals surface area contributed by atoms with Crippen LogP contribution in [-0.4, -0.2) is 19.9 Å². The van der Waals surface area contributed by atoms with Crippen molar-refractivity contribution in [2.45, 2.75) is 0 Å². The Kier molecular flexibility index (Phi) is 7.10. The van der Waals surface area contributed by atoms with E-state index in [-0.39, 0.29) is 0 Å². The Morgan fingerprint density at radius 3 is 1.50 bits per heavy atom. The van der Waals surface area contributed by atoms with Crippen molar-refractivity contribution in [3.63, 3.8) is 0 Å². The maximum absolute atomic E-state index is 5.26. The highest BCUT2D eigenvalue weighted by atomic mass is 14.9. The minimum absolute atomic E-state index is 0.663. The van der Waals surface area contributed by atoms with Gasteiger partial charge in [-0.25, -0.2) is 19.9 Å². The summed E-state index contributed by atoms with van der Waals surface area (Å²) in [7, 11) is 0. The lowest BCUT2D eigenvalue weighted by atomic mass is 9.98. The van der Waals surface area contributed by atoms with Crippen LogP contribution in [0.15, 0.2) is 182 Å². The maximum atomic E-state index is 5.26. The first-order chi connectivity index (χ1) is 25.7. The van der Waals surface area contributed by atoms with Gasteiger partial charge in [0.2, 0.25) is 0 Å². The molecule has 4 heteroatoms. The van der Waals surface area contributed by atoms with Gasteiger partial charge in [0.25, 0.3) is 0 Å². The van der Waals surface area contributed by atoms with Gasteiger partial charge in [-0.15, -0.1) is 0 Å². The van der Waals surface area contributed by atoms with E-state index < -0.39 is 0 Å². The Morgan fingerprint density at radius 1 is 0.269 bits per heavy atom. The number of aromatic nitrogens is 4. The zero-order valence-corrected chi connectivity index (χ0v) is 28.1. The quantitative estimate of drug-likeness (QED) is 0.172. The van der Waals surface area contributed by atoms with E-state index in [1.807, 2.05) is 36.4 Å². The van der Waals surface area contributed by atoms with E-state index in [2.05, 4.69) is 146 Å². The average Bonchev–Trinajstić information content (AvgIpc) is 3.23. The topological polar surface area (TPSA) is 51.6 Å². The fourth-order valence-corrected chi connectivity index (χ4v) is 7.15. The molecule has 0 amide bonds. The lowest BCUT2D eigenvalue weighted by molar-refractivity contribution is 1.18. The first-order valence-electron chi connectivity index (χ1n) is 17.5. The molecule has 0 saturated carbocycles. The van der Waals surface area contributed by atoms with Crippen LogP contribution in [-0.2, 0) is 0 Å². The molecule has 0 aliphatic rings. The lowest BCUT2D eigenvalue weighted by Gasteiger charge is -2.13. The SMILES string of the molecule is c1ccc(-c2cc(-c3ccc4ccccc4c3)nc(-c3ccc4ccc5c(-c6ccc7ccccc7c6)nc(-c6ccccc6)nc5c4c3)n2)cc1. The third-order valence-electron chi connectivity index (χ3n) is 9.84. The number of benzene rings is 8. The van der Waals surface area contributed by atoms with E-state index >= 15 is 0 Å². The highest BCUT2D eigenvalue weighted by Gasteiger charge is 2.17. The smallest absolute Gasteiger partial charge is 0.160 e. The molecule has 10 rings (SSSR count). The molecule has 0 spiro atoms. The van der Waals surface area contributed by atoms with Crippen LogP contribution >= 0.6 is 0 Å². The summed E-state index contributed by atoms with van der Waals surface area (Å²) in [5.41, 5.74) is 8.58. The van der Waals surface area contributed by atoms with Gasteiger partial charge in [-0.2, -0.15) is 0 Å². The summed E-state index contributed by atoms with van der Waals surface area (Å²) in [5, 5.41) is 7.86. The molecule has 8 aromatic carbocycles. The predicted octanol–water partition coefficient (Wildman–Crippen LogP) is 12.2. The highest BCUT2D eigenvalue weighted by molar-refractivity contribution is 6.11. The van der Waals surface area contributed by atoms with Crippen LogP contribution in [0.3, 0.4) is 0 Å². The third-order valence-corrected chi connectivity index (χ3v) is 9.84. The molecule has 52 heavy (non-hydrogen) atoms. The van der Waals surface area contributed by atoms with Crippen molar-refractivity contribution in [2.24, 2.45) is 0 Å². The summed E-state index contributed by atoms with van der Waals surface area (Å²) in [6.45, 7) is 0. The number of rotatable bonds is 5. The summed E-state index contributed by atoms with van der Waals surface area (Å²) in [6, 6.07) is 63.4. The molecule has 10 aromatic rings. The molecule has 2 aromatic heterocycles. The van der Waals surface area contributed by atoms with Gasteiger partial charge in [-0.1, -0.05) is 152 Å². The molecule has 0 unspecified atom stereocenters. The molecule has 0 fully saturated rings. The van der Waals surface area contributed by atoms with Gasteiger partial charge in [-0.3, -0.25) is 0 Å². The summed E-state index contributed by atoms with van der Waals surface area (Å²) < 4.78 is 0. The van der Waals surface area contributed by atoms with E-state index in [0.29, 0.717) is 11.6 Å². The van der Waals surface area contributed by atoms with E-state index in [9.17, 15) is 0 Å². The molecule has 0 aliphatic carbocycles. The molecule has 0 radical (unpaired) electrons. The zero-order chi connectivity index (χ0) is 34.4. The van der Waals surface area contributed by atoms with Gasteiger partial charge in [0.1, 0.15) is 0 Å². The average molecular weight is 663 g/mol. The van der Waals surface area contributed by atoms with Crippen molar-refractivity contribution < 1.29 is 0 Å². The minimum Gasteiger partial charge on any atom is -0.228 e. The lowest BCUT2D eigenvalue weighted by Crippen LogP contribution is -1.97. The van der Waals surface area contributed by atoms with Crippen molar-refractivity contribution >= 4 is 43.2 Å². The second kappa shape index (κ2) is 12.4. The summed E-state index contributed by atoms with van der Waals surface area (Å²) in [6.07, 6.45) is 0. The standard InChI is InChI=1S/C48H30N4/c1-3-13-34(14-4-1)43-30-44(38-22-19-31-11-7-9-17-36(31)27-38)50-48(49-43)40-24-21-33-25-26-41-45(39-23-20-32-12-8-10-18-37(32)28-39)51-47(35-15-5-2-6-16-35)52-46(41)42(33)29-40/h1-30H. The minimum atomic E-state index is 0.663. The molecule has 242 valence electrons. The Bertz CT molecular complexity index is 2960. The predicted molar refractivity (Wildman–Crippen MR) is 215 cm³/mol. The Labute approximate surface area is 300 Å². The second-order valence-corrected chi connectivity index (χ2v) is 13.1. The highest BCUT2D eigenvalue weighted by Crippen LogP contribution is 2.37. The zero-order valence-electron chi connectivity index (χ0n) is 28.1. The molecule has 0 bridgehead atoms. The molecule has 2 heterocycles. The fourth-order valence-electron chi connectivity index (χ4n) is 7.15. The van der Waals surface area contributed by atoms with Crippen molar-refractivity contribution in [1.29, 1.82) is 0 Å². The van der Waals surface area contributed by atoms with E-state index in [1.54, 1.807) is 0 Å². The Balaban J connectivity index is 1.20. The van der Waals surface area contributed by atoms with Gasteiger partial charge < -0.3 is 0 Å². The Morgan fingerprint density at radius 2 is 0.788 bits per heavy atom. The van der Waals surface area contributed by atoms with Gasteiger partial charge in [0, 0.05) is 38.6 Å². The van der Waals surface area contributed by atoms with E-state index in [1.165, 1.54) is 21.5 Å². The van der Waals surface area contributed by atoms with Crippen LogP contribution < -0.4 is 0 Å². The van der Waals surface area contributed by atoms with Gasteiger partial charge in [0.05, 0.1) is 22.6 Å². The van der Waals surface area contributed by atoms with E-state index in [4.69, 9.17) is 19.9 Å². The molecule has 0 saturated heterocycles. The summed E-state index contributed by atoms with van der Waals surface area (Å²) in [5.74, 6) is 1.35. The normalized spacial score (nSPS) is 11.5. The van der Waals surface area contributed by atoms with Crippen LogP contribution in [0.4, 0.5) is 0 Å². The van der Waals surface area contributed by atoms with Crippen LogP contribution in [0.1, 0.15) is 0 Å². The van der Waals surface area contributed by atoms with E-state index in [0.717, 1.165) is 66.6 Å². The van der Waals surface area contributed by atoms with Crippen LogP contribution in [0, 0.1) is 0 Å². The molecule has 0 atom stereocenters. The van der Waals surface area contributed by atoms with Gasteiger partial charge >= 0.3 is 0 Å².